The molecule has 1 atom stereocenters. The smallest absolute Gasteiger partial charge is 0.269 e. The number of hydrogen-bond donors (Lipinski definition) is 2. The fraction of sp³-hybridized carbons (Fsp3) is 0.522. The van der Waals surface area contributed by atoms with E-state index in [0.29, 0.717) is 49.9 Å². The molecule has 0 spiro atoms. The summed E-state index contributed by atoms with van der Waals surface area (Å²) in [6, 6.07) is 8.83. The summed E-state index contributed by atoms with van der Waals surface area (Å²) in [7, 11) is 1.59. The average Bonchev–Trinajstić information content (AvgIpc) is 3.31. The van der Waals surface area contributed by atoms with Crippen molar-refractivity contribution in [3.05, 3.63) is 41.7 Å². The van der Waals surface area contributed by atoms with E-state index in [0.717, 1.165) is 12.8 Å². The molecule has 2 aliphatic rings. The topological polar surface area (TPSA) is 126 Å². The number of hydrogen-bond acceptors (Lipinski definition) is 8. The molecular formula is C23H32N6O5. The summed E-state index contributed by atoms with van der Waals surface area (Å²) >= 11 is 0. The highest BCUT2D eigenvalue weighted by Crippen LogP contribution is 2.29. The predicted molar refractivity (Wildman–Crippen MR) is 123 cm³/mol. The summed E-state index contributed by atoms with van der Waals surface area (Å²) in [5.74, 6) is 0.0144. The van der Waals surface area contributed by atoms with Crippen LogP contribution in [0.15, 0.2) is 30.3 Å². The zero-order chi connectivity index (χ0) is 24.2. The molecule has 0 aliphatic carbocycles. The first-order valence-electron chi connectivity index (χ1n) is 11.5. The molecule has 0 saturated carbocycles. The molecular weight excluding hydrogens is 440 g/mol. The number of morpholine rings is 1. The van der Waals surface area contributed by atoms with Crippen LogP contribution in [0.1, 0.15) is 42.2 Å². The Kier molecular flexibility index (Phi) is 7.47. The monoisotopic (exact) mass is 472 g/mol. The molecule has 2 fully saturated rings. The molecule has 1 aromatic heterocycles. The molecule has 2 aromatic rings. The summed E-state index contributed by atoms with van der Waals surface area (Å²) in [6.07, 6.45) is 0.582. The molecule has 2 aliphatic heterocycles. The number of primary amides is 1. The number of piperidine rings is 1. The van der Waals surface area contributed by atoms with Gasteiger partial charge in [-0.1, -0.05) is 6.92 Å². The van der Waals surface area contributed by atoms with Gasteiger partial charge in [0.2, 0.25) is 0 Å². The lowest BCUT2D eigenvalue weighted by Crippen LogP contribution is -2.56. The Balaban J connectivity index is 1.53. The zero-order valence-electron chi connectivity index (χ0n) is 19.6. The number of carbonyl (C=O) groups is 2. The van der Waals surface area contributed by atoms with Gasteiger partial charge < -0.3 is 20.3 Å². The molecule has 3 N–H and O–H groups in total. The number of rotatable bonds is 8. The van der Waals surface area contributed by atoms with E-state index < -0.39 is 12.1 Å². The number of aliphatic hydroxyl groups is 1. The second kappa shape index (κ2) is 10.5. The molecule has 2 saturated heterocycles. The largest absolute Gasteiger partial charge is 0.497 e. The predicted octanol–water partition coefficient (Wildman–Crippen LogP) is 0.531. The lowest BCUT2D eigenvalue weighted by atomic mass is 10.0. The van der Waals surface area contributed by atoms with Gasteiger partial charge in [-0.15, -0.1) is 0 Å². The van der Waals surface area contributed by atoms with Crippen LogP contribution in [0, 0.1) is 0 Å². The number of hydrazine groups is 1. The Bertz CT molecular complexity index is 1000. The molecule has 4 rings (SSSR count). The van der Waals surface area contributed by atoms with E-state index in [-0.39, 0.29) is 24.2 Å². The molecule has 11 nitrogen and oxygen atoms in total. The minimum Gasteiger partial charge on any atom is -0.497 e. The quantitative estimate of drug-likeness (QED) is 0.533. The van der Waals surface area contributed by atoms with Crippen LogP contribution in [0.5, 0.6) is 5.75 Å². The molecule has 0 bridgehead atoms. The molecule has 3 heterocycles. The SMILES string of the molecule is CCN(C1CCN(N2CCOCC2=O)CC1)C(O)c1cc(C(N)=O)nn1-c1ccc(OC)cc1. The first kappa shape index (κ1) is 24.1. The normalized spacial score (nSPS) is 18.9. The van der Waals surface area contributed by atoms with Crippen molar-refractivity contribution in [2.24, 2.45) is 5.73 Å². The van der Waals surface area contributed by atoms with Crippen LogP contribution >= 0.6 is 0 Å². The van der Waals surface area contributed by atoms with Crippen LogP contribution in [0.4, 0.5) is 0 Å². The number of nitrogens with two attached hydrogens (primary N) is 1. The van der Waals surface area contributed by atoms with Crippen LogP contribution < -0.4 is 10.5 Å². The maximum Gasteiger partial charge on any atom is 0.269 e. The Morgan fingerprint density at radius 1 is 1.29 bits per heavy atom. The van der Waals surface area contributed by atoms with Gasteiger partial charge in [0, 0.05) is 19.1 Å². The van der Waals surface area contributed by atoms with Gasteiger partial charge >= 0.3 is 0 Å². The Morgan fingerprint density at radius 3 is 2.59 bits per heavy atom. The molecule has 34 heavy (non-hydrogen) atoms. The van der Waals surface area contributed by atoms with E-state index in [4.69, 9.17) is 15.2 Å². The average molecular weight is 473 g/mol. The molecule has 0 radical (unpaired) electrons. The number of nitrogens with zero attached hydrogens (tertiary/aromatic N) is 5. The van der Waals surface area contributed by atoms with Gasteiger partial charge in [0.05, 0.1) is 31.6 Å². The van der Waals surface area contributed by atoms with Crippen molar-refractivity contribution in [2.75, 3.05) is 46.5 Å². The van der Waals surface area contributed by atoms with E-state index in [1.54, 1.807) is 47.1 Å². The second-order valence-corrected chi connectivity index (χ2v) is 8.39. The highest BCUT2D eigenvalue weighted by Gasteiger charge is 2.34. The number of aromatic nitrogens is 2. The van der Waals surface area contributed by atoms with Crippen molar-refractivity contribution >= 4 is 11.8 Å². The van der Waals surface area contributed by atoms with Crippen LogP contribution in [-0.2, 0) is 9.53 Å². The lowest BCUT2D eigenvalue weighted by molar-refractivity contribution is -0.170. The van der Waals surface area contributed by atoms with Crippen molar-refractivity contribution in [1.82, 2.24) is 24.7 Å². The van der Waals surface area contributed by atoms with E-state index in [1.165, 1.54) is 0 Å². The summed E-state index contributed by atoms with van der Waals surface area (Å²) in [5.41, 5.74) is 6.72. The maximum atomic E-state index is 12.2. The summed E-state index contributed by atoms with van der Waals surface area (Å²) in [5, 5.41) is 19.6. The first-order chi connectivity index (χ1) is 16.4. The van der Waals surface area contributed by atoms with Gasteiger partial charge in [-0.3, -0.25) is 19.5 Å². The Labute approximate surface area is 198 Å². The standard InChI is InChI=1S/C23H32N6O5/c1-3-27(16-8-10-26(11-9-16)28-12-13-34-15-21(28)30)23(32)20-14-19(22(24)31)25-29(20)17-4-6-18(33-2)7-5-17/h4-7,14,16,23,32H,3,8-13,15H2,1-2H3,(H2,24,31). The third kappa shape index (κ3) is 4.92. The Hall–Kier alpha value is -2.99. The van der Waals surface area contributed by atoms with Gasteiger partial charge in [-0.2, -0.15) is 5.10 Å². The lowest BCUT2D eigenvalue weighted by Gasteiger charge is -2.44. The first-order valence-corrected chi connectivity index (χ1v) is 11.5. The van der Waals surface area contributed by atoms with E-state index in [9.17, 15) is 14.7 Å². The third-order valence-corrected chi connectivity index (χ3v) is 6.46. The van der Waals surface area contributed by atoms with Crippen molar-refractivity contribution in [2.45, 2.75) is 32.0 Å². The van der Waals surface area contributed by atoms with Crippen LogP contribution in [0.2, 0.25) is 0 Å². The van der Waals surface area contributed by atoms with Crippen molar-refractivity contribution in [3.63, 3.8) is 0 Å². The van der Waals surface area contributed by atoms with Crippen molar-refractivity contribution in [3.8, 4) is 11.4 Å². The van der Waals surface area contributed by atoms with Gasteiger partial charge in [0.1, 0.15) is 12.4 Å². The third-order valence-electron chi connectivity index (χ3n) is 6.46. The second-order valence-electron chi connectivity index (χ2n) is 8.39. The van der Waals surface area contributed by atoms with E-state index in [1.807, 2.05) is 11.8 Å². The zero-order valence-corrected chi connectivity index (χ0v) is 19.6. The number of benzene rings is 1. The maximum absolute atomic E-state index is 12.2. The fourth-order valence-corrected chi connectivity index (χ4v) is 4.66. The summed E-state index contributed by atoms with van der Waals surface area (Å²) in [6.45, 7) is 5.25. The number of aliphatic hydroxyl groups excluding tert-OH is 1. The molecule has 184 valence electrons. The minimum absolute atomic E-state index is 0.0144. The number of methoxy groups -OCH3 is 1. The van der Waals surface area contributed by atoms with Crippen LogP contribution in [0.3, 0.4) is 0 Å². The molecule has 2 amide bonds. The Morgan fingerprint density at radius 2 is 2.00 bits per heavy atom. The number of ether oxygens (including phenoxy) is 2. The van der Waals surface area contributed by atoms with Crippen LogP contribution in [-0.4, -0.2) is 94.2 Å². The number of carbonyl (C=O) groups excluding carboxylic acids is 2. The van der Waals surface area contributed by atoms with Gasteiger partial charge in [0.25, 0.3) is 11.8 Å². The summed E-state index contributed by atoms with van der Waals surface area (Å²) < 4.78 is 12.0. The molecule has 1 unspecified atom stereocenters. The summed E-state index contributed by atoms with van der Waals surface area (Å²) in [4.78, 5) is 26.0. The van der Waals surface area contributed by atoms with Gasteiger partial charge in [-0.25, -0.2) is 9.69 Å². The molecule has 1 aromatic carbocycles. The van der Waals surface area contributed by atoms with Crippen molar-refractivity contribution in [1.29, 1.82) is 0 Å². The number of amides is 2. The van der Waals surface area contributed by atoms with Gasteiger partial charge in [-0.05, 0) is 49.7 Å². The van der Waals surface area contributed by atoms with Gasteiger partial charge in [0.15, 0.2) is 11.9 Å². The van der Waals surface area contributed by atoms with Crippen molar-refractivity contribution < 1.29 is 24.2 Å². The molecule has 11 heteroatoms. The van der Waals surface area contributed by atoms with E-state index >= 15 is 0 Å². The van der Waals surface area contributed by atoms with Crippen LogP contribution in [0.25, 0.3) is 5.69 Å². The highest BCUT2D eigenvalue weighted by molar-refractivity contribution is 5.90. The highest BCUT2D eigenvalue weighted by atomic mass is 16.5. The fourth-order valence-electron chi connectivity index (χ4n) is 4.66. The minimum atomic E-state index is -0.991. The van der Waals surface area contributed by atoms with E-state index in [2.05, 4.69) is 10.1 Å².